The third-order valence-electron chi connectivity index (χ3n) is 3.72. The van der Waals surface area contributed by atoms with E-state index in [2.05, 4.69) is 29.0 Å². The summed E-state index contributed by atoms with van der Waals surface area (Å²) in [5, 5.41) is 3.70. The molecule has 0 aromatic heterocycles. The molecule has 1 saturated heterocycles. The van der Waals surface area contributed by atoms with Crippen LogP contribution in [0.25, 0.3) is 0 Å². The van der Waals surface area contributed by atoms with Crippen LogP contribution in [0.2, 0.25) is 0 Å². The summed E-state index contributed by atoms with van der Waals surface area (Å²) in [6.07, 6.45) is 3.87. The van der Waals surface area contributed by atoms with Crippen molar-refractivity contribution < 1.29 is 0 Å². The van der Waals surface area contributed by atoms with E-state index in [0.717, 1.165) is 25.4 Å². The van der Waals surface area contributed by atoms with Crippen LogP contribution in [-0.2, 0) is 0 Å². The van der Waals surface area contributed by atoms with Gasteiger partial charge in [0.2, 0.25) is 0 Å². The van der Waals surface area contributed by atoms with Gasteiger partial charge in [0.1, 0.15) is 0 Å². The molecule has 1 aliphatic carbocycles. The maximum Gasteiger partial charge on any atom is 0.0309 e. The van der Waals surface area contributed by atoms with Gasteiger partial charge >= 0.3 is 0 Å². The van der Waals surface area contributed by atoms with Gasteiger partial charge in [-0.05, 0) is 32.6 Å². The van der Waals surface area contributed by atoms with E-state index in [1.54, 1.807) is 0 Å². The lowest BCUT2D eigenvalue weighted by Crippen LogP contribution is -2.60. The summed E-state index contributed by atoms with van der Waals surface area (Å²) < 4.78 is 0. The smallest absolute Gasteiger partial charge is 0.0309 e. The normalized spacial score (nSPS) is 32.1. The van der Waals surface area contributed by atoms with Gasteiger partial charge in [-0.15, -0.1) is 11.8 Å². The highest BCUT2D eigenvalue weighted by atomic mass is 15.2. The standard InChI is InChI=1S/C13H22N2/c1-3-4-5-9-15-10-8-14-13(2,11-15)12-6-7-12/h12,14H,5-11H2,1-2H3. The molecule has 0 radical (unpaired) electrons. The topological polar surface area (TPSA) is 15.3 Å². The summed E-state index contributed by atoms with van der Waals surface area (Å²) in [4.78, 5) is 2.57. The molecule has 0 spiro atoms. The van der Waals surface area contributed by atoms with Crippen LogP contribution in [0, 0.1) is 17.8 Å². The summed E-state index contributed by atoms with van der Waals surface area (Å²) in [7, 11) is 0. The number of nitrogens with zero attached hydrogens (tertiary/aromatic N) is 1. The maximum absolute atomic E-state index is 3.70. The van der Waals surface area contributed by atoms with E-state index >= 15 is 0 Å². The largest absolute Gasteiger partial charge is 0.309 e. The third kappa shape index (κ3) is 2.74. The average Bonchev–Trinajstić information content (AvgIpc) is 3.02. The monoisotopic (exact) mass is 206 g/mol. The van der Waals surface area contributed by atoms with Crippen LogP contribution in [0.4, 0.5) is 0 Å². The second-order valence-corrected chi connectivity index (χ2v) is 5.07. The van der Waals surface area contributed by atoms with E-state index in [0.29, 0.717) is 5.54 Å². The van der Waals surface area contributed by atoms with E-state index in [4.69, 9.17) is 0 Å². The van der Waals surface area contributed by atoms with Crippen molar-refractivity contribution in [2.45, 2.75) is 38.6 Å². The van der Waals surface area contributed by atoms with Crippen LogP contribution in [-0.4, -0.2) is 36.6 Å². The Morgan fingerprint density at radius 1 is 1.47 bits per heavy atom. The number of rotatable bonds is 3. The molecule has 2 aliphatic rings. The summed E-state index contributed by atoms with van der Waals surface area (Å²) in [6, 6.07) is 0. The quantitative estimate of drug-likeness (QED) is 0.704. The van der Waals surface area contributed by atoms with Gasteiger partial charge in [0.15, 0.2) is 0 Å². The van der Waals surface area contributed by atoms with E-state index in [1.807, 2.05) is 6.92 Å². The van der Waals surface area contributed by atoms with E-state index < -0.39 is 0 Å². The van der Waals surface area contributed by atoms with Gasteiger partial charge in [0.25, 0.3) is 0 Å². The number of hydrogen-bond acceptors (Lipinski definition) is 2. The van der Waals surface area contributed by atoms with E-state index in [1.165, 1.54) is 25.9 Å². The average molecular weight is 206 g/mol. The highest BCUT2D eigenvalue weighted by Gasteiger charge is 2.43. The fraction of sp³-hybridized carbons (Fsp3) is 0.846. The second-order valence-electron chi connectivity index (χ2n) is 5.07. The molecule has 1 atom stereocenters. The van der Waals surface area contributed by atoms with Gasteiger partial charge < -0.3 is 5.32 Å². The predicted octanol–water partition coefficient (Wildman–Crippen LogP) is 1.47. The van der Waals surface area contributed by atoms with Crippen molar-refractivity contribution in [2.75, 3.05) is 26.2 Å². The molecule has 0 bridgehead atoms. The molecule has 0 amide bonds. The minimum atomic E-state index is 0.387. The van der Waals surface area contributed by atoms with Gasteiger partial charge in [-0.3, -0.25) is 4.90 Å². The van der Waals surface area contributed by atoms with Crippen molar-refractivity contribution in [3.63, 3.8) is 0 Å². The van der Waals surface area contributed by atoms with Crippen LogP contribution in [0.5, 0.6) is 0 Å². The predicted molar refractivity (Wildman–Crippen MR) is 63.6 cm³/mol. The molecule has 1 N–H and O–H groups in total. The van der Waals surface area contributed by atoms with Crippen molar-refractivity contribution >= 4 is 0 Å². The molecule has 2 rings (SSSR count). The third-order valence-corrected chi connectivity index (χ3v) is 3.72. The summed E-state index contributed by atoms with van der Waals surface area (Å²) >= 11 is 0. The molecule has 1 saturated carbocycles. The zero-order chi connectivity index (χ0) is 10.7. The molecule has 0 aromatic carbocycles. The molecule has 1 aliphatic heterocycles. The Morgan fingerprint density at radius 2 is 2.27 bits per heavy atom. The molecular weight excluding hydrogens is 184 g/mol. The molecule has 1 heterocycles. The highest BCUT2D eigenvalue weighted by Crippen LogP contribution is 2.40. The Balaban J connectivity index is 1.82. The van der Waals surface area contributed by atoms with Crippen molar-refractivity contribution in [1.82, 2.24) is 10.2 Å². The van der Waals surface area contributed by atoms with Crippen LogP contribution in [0.15, 0.2) is 0 Å². The molecule has 0 aromatic rings. The Labute approximate surface area is 93.4 Å². The Kier molecular flexibility index (Phi) is 3.33. The minimum absolute atomic E-state index is 0.387. The van der Waals surface area contributed by atoms with Gasteiger partial charge in [-0.25, -0.2) is 0 Å². The first-order chi connectivity index (χ1) is 7.24. The fourth-order valence-electron chi connectivity index (χ4n) is 2.62. The Hall–Kier alpha value is -0.520. The SMILES string of the molecule is CC#CCCN1CCNC(C)(C2CC2)C1. The number of hydrogen-bond donors (Lipinski definition) is 1. The first-order valence-corrected chi connectivity index (χ1v) is 6.11. The lowest BCUT2D eigenvalue weighted by Gasteiger charge is -2.41. The number of piperazine rings is 1. The van der Waals surface area contributed by atoms with Crippen molar-refractivity contribution in [2.24, 2.45) is 5.92 Å². The van der Waals surface area contributed by atoms with Gasteiger partial charge in [-0.1, -0.05) is 0 Å². The first-order valence-electron chi connectivity index (χ1n) is 6.11. The minimum Gasteiger partial charge on any atom is -0.309 e. The van der Waals surface area contributed by atoms with Gasteiger partial charge in [-0.2, -0.15) is 0 Å². The Bertz CT molecular complexity index is 272. The highest BCUT2D eigenvalue weighted by molar-refractivity contribution is 5.03. The zero-order valence-corrected chi connectivity index (χ0v) is 9.97. The molecule has 2 heteroatoms. The molecule has 2 fully saturated rings. The molecule has 15 heavy (non-hydrogen) atoms. The Morgan fingerprint density at radius 3 is 2.93 bits per heavy atom. The molecule has 84 valence electrons. The lowest BCUT2D eigenvalue weighted by molar-refractivity contribution is 0.129. The lowest BCUT2D eigenvalue weighted by atomic mass is 9.93. The first kappa shape index (κ1) is 11.0. The van der Waals surface area contributed by atoms with Crippen molar-refractivity contribution in [3.05, 3.63) is 0 Å². The zero-order valence-electron chi connectivity index (χ0n) is 9.97. The summed E-state index contributed by atoms with van der Waals surface area (Å²) in [5.41, 5.74) is 0.387. The van der Waals surface area contributed by atoms with E-state index in [9.17, 15) is 0 Å². The van der Waals surface area contributed by atoms with Gasteiger partial charge in [0.05, 0.1) is 0 Å². The fourth-order valence-corrected chi connectivity index (χ4v) is 2.62. The van der Waals surface area contributed by atoms with Crippen LogP contribution < -0.4 is 5.32 Å². The number of nitrogens with one attached hydrogen (secondary N) is 1. The van der Waals surface area contributed by atoms with Crippen LogP contribution >= 0.6 is 0 Å². The molecular formula is C13H22N2. The molecule has 1 unspecified atom stereocenters. The van der Waals surface area contributed by atoms with Crippen molar-refractivity contribution in [1.29, 1.82) is 0 Å². The summed E-state index contributed by atoms with van der Waals surface area (Å²) in [5.74, 6) is 7.05. The van der Waals surface area contributed by atoms with E-state index in [-0.39, 0.29) is 0 Å². The van der Waals surface area contributed by atoms with Crippen LogP contribution in [0.1, 0.15) is 33.1 Å². The van der Waals surface area contributed by atoms with Crippen LogP contribution in [0.3, 0.4) is 0 Å². The maximum atomic E-state index is 3.70. The van der Waals surface area contributed by atoms with Crippen molar-refractivity contribution in [3.8, 4) is 11.8 Å². The molecule has 2 nitrogen and oxygen atoms in total. The van der Waals surface area contributed by atoms with Gasteiger partial charge in [0, 0.05) is 38.1 Å². The summed E-state index contributed by atoms with van der Waals surface area (Å²) in [6.45, 7) is 9.00. The second kappa shape index (κ2) is 4.55.